The number of amides is 1. The lowest BCUT2D eigenvalue weighted by atomic mass is 10.1. The summed E-state index contributed by atoms with van der Waals surface area (Å²) in [6.07, 6.45) is 0. The Balaban J connectivity index is 0.00000385. The largest absolute Gasteiger partial charge is 0.302 e. The molecule has 0 fully saturated rings. The van der Waals surface area contributed by atoms with Crippen molar-refractivity contribution in [2.24, 2.45) is 0 Å². The number of benzene rings is 2. The van der Waals surface area contributed by atoms with Crippen molar-refractivity contribution in [1.29, 1.82) is 0 Å². The van der Waals surface area contributed by atoms with Gasteiger partial charge in [0.25, 0.3) is 0 Å². The first kappa shape index (κ1) is 27.2. The molecule has 0 radical (unpaired) electrons. The summed E-state index contributed by atoms with van der Waals surface area (Å²) >= 11 is 1.38. The van der Waals surface area contributed by atoms with Crippen molar-refractivity contribution < 1.29 is 17.6 Å². The summed E-state index contributed by atoms with van der Waals surface area (Å²) in [5, 5.41) is 0.486. The molecule has 3 rings (SSSR count). The maximum absolute atomic E-state index is 13.2. The third-order valence-corrected chi connectivity index (χ3v) is 8.29. The van der Waals surface area contributed by atoms with E-state index in [9.17, 15) is 17.6 Å². The van der Waals surface area contributed by atoms with E-state index in [1.54, 1.807) is 0 Å². The summed E-state index contributed by atoms with van der Waals surface area (Å²) in [4.78, 5) is 21.5. The third kappa shape index (κ3) is 6.29. The van der Waals surface area contributed by atoms with Crippen molar-refractivity contribution >= 4 is 54.8 Å². The molecule has 0 aliphatic rings. The van der Waals surface area contributed by atoms with Gasteiger partial charge in [-0.25, -0.2) is 17.8 Å². The molecule has 2 aromatic carbocycles. The second-order valence-electron chi connectivity index (χ2n) is 7.64. The molecule has 0 saturated heterocycles. The number of halogens is 2. The van der Waals surface area contributed by atoms with E-state index in [4.69, 9.17) is 4.98 Å². The van der Waals surface area contributed by atoms with Gasteiger partial charge in [-0.3, -0.25) is 9.69 Å². The smallest absolute Gasteiger partial charge is 0.244 e. The highest BCUT2D eigenvalue weighted by molar-refractivity contribution is 7.92. The molecule has 0 unspecified atom stereocenters. The van der Waals surface area contributed by atoms with Gasteiger partial charge in [0, 0.05) is 13.1 Å². The van der Waals surface area contributed by atoms with Crippen molar-refractivity contribution in [2.45, 2.75) is 32.6 Å². The Labute approximate surface area is 204 Å². The highest BCUT2D eigenvalue weighted by Crippen LogP contribution is 2.32. The van der Waals surface area contributed by atoms with Crippen LogP contribution in [0, 0.1) is 19.7 Å². The Morgan fingerprint density at radius 1 is 1.03 bits per heavy atom. The van der Waals surface area contributed by atoms with Crippen LogP contribution < -0.4 is 4.90 Å². The van der Waals surface area contributed by atoms with Gasteiger partial charge in [0.05, 0.1) is 15.1 Å². The molecule has 0 spiro atoms. The van der Waals surface area contributed by atoms with Crippen LogP contribution in [0.25, 0.3) is 10.2 Å². The Hall–Kier alpha value is -2.07. The zero-order valence-electron chi connectivity index (χ0n) is 19.2. The Kier molecular flexibility index (Phi) is 9.37. The summed E-state index contributed by atoms with van der Waals surface area (Å²) < 4.78 is 39.8. The van der Waals surface area contributed by atoms with Gasteiger partial charge in [-0.15, -0.1) is 12.4 Å². The van der Waals surface area contributed by atoms with E-state index in [1.807, 2.05) is 39.8 Å². The molecule has 0 aliphatic carbocycles. The van der Waals surface area contributed by atoms with Crippen molar-refractivity contribution in [2.75, 3.05) is 36.8 Å². The first-order valence-corrected chi connectivity index (χ1v) is 13.0. The van der Waals surface area contributed by atoms with Crippen LogP contribution in [0.2, 0.25) is 0 Å². The van der Waals surface area contributed by atoms with E-state index < -0.39 is 27.3 Å². The molecule has 1 amide bonds. The highest BCUT2D eigenvalue weighted by Gasteiger charge is 2.27. The summed E-state index contributed by atoms with van der Waals surface area (Å²) in [7, 11) is -3.92. The lowest BCUT2D eigenvalue weighted by Gasteiger charge is -2.24. The molecule has 0 N–H and O–H groups in total. The predicted octanol–water partition coefficient (Wildman–Crippen LogP) is 4.62. The number of likely N-dealkylation sites (N-methyl/N-ethyl adjacent to an activating group) is 1. The highest BCUT2D eigenvalue weighted by atomic mass is 35.5. The number of thiazole rings is 1. The van der Waals surface area contributed by atoms with E-state index in [2.05, 4.69) is 4.90 Å². The van der Waals surface area contributed by atoms with Gasteiger partial charge in [-0.05, 0) is 68.4 Å². The Bertz CT molecular complexity index is 1210. The lowest BCUT2D eigenvalue weighted by Crippen LogP contribution is -2.41. The topological polar surface area (TPSA) is 70.6 Å². The molecular weight excluding hydrogens is 485 g/mol. The first-order valence-electron chi connectivity index (χ1n) is 10.5. The molecule has 1 aromatic heterocycles. The number of aromatic nitrogens is 1. The minimum atomic E-state index is -3.92. The first-order chi connectivity index (χ1) is 15.2. The van der Waals surface area contributed by atoms with Gasteiger partial charge in [0.15, 0.2) is 15.0 Å². The van der Waals surface area contributed by atoms with Crippen LogP contribution in [-0.2, 0) is 14.6 Å². The molecule has 0 bridgehead atoms. The van der Waals surface area contributed by atoms with Gasteiger partial charge in [-0.1, -0.05) is 31.3 Å². The SMILES string of the molecule is CCN(CC)CCN(C(=O)CS(=O)(=O)c1ccc(F)cc1)c1nc2c(C)c(C)ccc2s1.Cl. The van der Waals surface area contributed by atoms with Crippen LogP contribution in [0.1, 0.15) is 25.0 Å². The number of sulfone groups is 1. The van der Waals surface area contributed by atoms with E-state index in [-0.39, 0.29) is 17.3 Å². The molecule has 0 aliphatic heterocycles. The summed E-state index contributed by atoms with van der Waals surface area (Å²) in [6.45, 7) is 10.7. The normalized spacial score (nSPS) is 11.6. The zero-order chi connectivity index (χ0) is 23.5. The maximum Gasteiger partial charge on any atom is 0.244 e. The fourth-order valence-corrected chi connectivity index (χ4v) is 5.67. The molecule has 0 atom stereocenters. The zero-order valence-corrected chi connectivity index (χ0v) is 21.6. The van der Waals surface area contributed by atoms with Crippen LogP contribution in [-0.4, -0.2) is 56.1 Å². The molecule has 10 heteroatoms. The molecule has 33 heavy (non-hydrogen) atoms. The number of carbonyl (C=O) groups excluding carboxylic acids is 1. The molecule has 6 nitrogen and oxygen atoms in total. The van der Waals surface area contributed by atoms with Gasteiger partial charge in [0.1, 0.15) is 11.6 Å². The van der Waals surface area contributed by atoms with E-state index in [0.717, 1.165) is 46.6 Å². The fourth-order valence-electron chi connectivity index (χ4n) is 3.40. The quantitative estimate of drug-likeness (QED) is 0.390. The fraction of sp³-hybridized carbons (Fsp3) is 0.391. The number of rotatable bonds is 9. The molecular formula is C23H29ClFN3O3S2. The van der Waals surface area contributed by atoms with Gasteiger partial charge < -0.3 is 4.90 Å². The van der Waals surface area contributed by atoms with E-state index in [0.29, 0.717) is 18.2 Å². The van der Waals surface area contributed by atoms with Crippen LogP contribution in [0.5, 0.6) is 0 Å². The summed E-state index contributed by atoms with van der Waals surface area (Å²) in [5.74, 6) is -1.78. The second-order valence-corrected chi connectivity index (χ2v) is 10.6. The van der Waals surface area contributed by atoms with Crippen LogP contribution >= 0.6 is 23.7 Å². The van der Waals surface area contributed by atoms with Gasteiger partial charge in [-0.2, -0.15) is 0 Å². The summed E-state index contributed by atoms with van der Waals surface area (Å²) in [5.41, 5.74) is 2.97. The minimum Gasteiger partial charge on any atom is -0.302 e. The van der Waals surface area contributed by atoms with Crippen LogP contribution in [0.3, 0.4) is 0 Å². The predicted molar refractivity (Wildman–Crippen MR) is 135 cm³/mol. The Morgan fingerprint density at radius 3 is 2.27 bits per heavy atom. The van der Waals surface area contributed by atoms with Crippen LogP contribution in [0.4, 0.5) is 9.52 Å². The number of hydrogen-bond donors (Lipinski definition) is 0. The second kappa shape index (κ2) is 11.4. The average molecular weight is 514 g/mol. The Morgan fingerprint density at radius 2 is 1.67 bits per heavy atom. The number of hydrogen-bond acceptors (Lipinski definition) is 6. The maximum atomic E-state index is 13.2. The van der Waals surface area contributed by atoms with Crippen molar-refractivity contribution in [3.63, 3.8) is 0 Å². The van der Waals surface area contributed by atoms with Crippen molar-refractivity contribution in [3.8, 4) is 0 Å². The number of aryl methyl sites for hydroxylation is 2. The number of nitrogens with zero attached hydrogens (tertiary/aromatic N) is 3. The third-order valence-electron chi connectivity index (χ3n) is 5.63. The van der Waals surface area contributed by atoms with Crippen molar-refractivity contribution in [1.82, 2.24) is 9.88 Å². The monoisotopic (exact) mass is 513 g/mol. The molecule has 0 saturated carbocycles. The number of fused-ring (bicyclic) bond motifs is 1. The minimum absolute atomic E-state index is 0. The number of anilines is 1. The van der Waals surface area contributed by atoms with Gasteiger partial charge >= 0.3 is 0 Å². The van der Waals surface area contributed by atoms with Crippen molar-refractivity contribution in [3.05, 3.63) is 53.3 Å². The van der Waals surface area contributed by atoms with E-state index >= 15 is 0 Å². The molecule has 3 aromatic rings. The van der Waals surface area contributed by atoms with Crippen LogP contribution in [0.15, 0.2) is 41.3 Å². The van der Waals surface area contributed by atoms with Gasteiger partial charge in [0.2, 0.25) is 5.91 Å². The molecule has 1 heterocycles. The lowest BCUT2D eigenvalue weighted by molar-refractivity contribution is -0.116. The average Bonchev–Trinajstić information content (AvgIpc) is 3.18. The summed E-state index contributed by atoms with van der Waals surface area (Å²) in [6, 6.07) is 8.51. The van der Waals surface area contributed by atoms with E-state index in [1.165, 1.54) is 28.4 Å². The molecule has 180 valence electrons. The standard InChI is InChI=1S/C23H28FN3O3S2.ClH/c1-5-26(6-2)13-14-27(23-25-22-17(4)16(3)7-12-20(22)31-23)21(28)15-32(29,30)19-10-8-18(24)9-11-19;/h7-12H,5-6,13-15H2,1-4H3;1H. The number of carbonyl (C=O) groups is 1.